The number of allylic oxidation sites excluding steroid dienone is 6. The van der Waals surface area contributed by atoms with E-state index < -0.39 is 0 Å². The van der Waals surface area contributed by atoms with Crippen LogP contribution in [-0.4, -0.2) is 0 Å². The Morgan fingerprint density at radius 2 is 2.13 bits per heavy atom. The van der Waals surface area contributed by atoms with Crippen molar-refractivity contribution in [3.8, 4) is 0 Å². The fourth-order valence-corrected chi connectivity index (χ4v) is 3.09. The van der Waals surface area contributed by atoms with Gasteiger partial charge in [-0.25, -0.2) is 0 Å². The van der Waals surface area contributed by atoms with Crippen LogP contribution in [0.2, 0.25) is 0 Å². The molecule has 0 radical (unpaired) electrons. The molecule has 0 saturated carbocycles. The zero-order chi connectivity index (χ0) is 11.0. The van der Waals surface area contributed by atoms with Crippen molar-refractivity contribution in [2.45, 2.75) is 34.1 Å². The van der Waals surface area contributed by atoms with Crippen molar-refractivity contribution in [3.05, 3.63) is 35.5 Å². The third-order valence-corrected chi connectivity index (χ3v) is 4.05. The van der Waals surface area contributed by atoms with Gasteiger partial charge in [0.15, 0.2) is 0 Å². The lowest BCUT2D eigenvalue weighted by molar-refractivity contribution is 0.279. The van der Waals surface area contributed by atoms with Crippen LogP contribution in [-0.2, 0) is 0 Å². The van der Waals surface area contributed by atoms with Crippen molar-refractivity contribution in [1.29, 1.82) is 0 Å². The third kappa shape index (κ3) is 1.95. The van der Waals surface area contributed by atoms with Gasteiger partial charge in [-0.05, 0) is 44.9 Å². The number of fused-ring (bicyclic) bond motifs is 1. The van der Waals surface area contributed by atoms with Crippen LogP contribution in [0, 0.1) is 23.7 Å². The zero-order valence-corrected chi connectivity index (χ0v) is 10.3. The molecule has 0 amide bonds. The number of rotatable bonds is 1. The fraction of sp³-hybridized carbons (Fsp3) is 0.600. The van der Waals surface area contributed by atoms with Crippen molar-refractivity contribution in [2.75, 3.05) is 0 Å². The lowest BCUT2D eigenvalue weighted by Crippen LogP contribution is -2.27. The first-order chi connectivity index (χ1) is 7.09. The molecular formula is C15H22. The second-order valence-corrected chi connectivity index (χ2v) is 5.43. The van der Waals surface area contributed by atoms with Crippen molar-refractivity contribution in [3.63, 3.8) is 0 Å². The summed E-state index contributed by atoms with van der Waals surface area (Å²) >= 11 is 0. The van der Waals surface area contributed by atoms with Gasteiger partial charge in [0.1, 0.15) is 0 Å². The van der Waals surface area contributed by atoms with Crippen LogP contribution < -0.4 is 0 Å². The fourth-order valence-electron chi connectivity index (χ4n) is 3.09. The summed E-state index contributed by atoms with van der Waals surface area (Å²) in [7, 11) is 0. The SMILES string of the molecule is CC(C)=CC1C=C(C)C(C)C2CC=CC12. The summed E-state index contributed by atoms with van der Waals surface area (Å²) in [4.78, 5) is 0. The van der Waals surface area contributed by atoms with E-state index in [1.165, 1.54) is 12.0 Å². The molecule has 0 aromatic carbocycles. The Labute approximate surface area is 93.8 Å². The molecule has 0 heterocycles. The first kappa shape index (κ1) is 10.7. The second kappa shape index (κ2) is 4.00. The summed E-state index contributed by atoms with van der Waals surface area (Å²) in [6, 6.07) is 0. The van der Waals surface area contributed by atoms with Gasteiger partial charge in [-0.3, -0.25) is 0 Å². The highest BCUT2D eigenvalue weighted by atomic mass is 14.4. The van der Waals surface area contributed by atoms with E-state index in [1.807, 2.05) is 0 Å². The molecule has 4 atom stereocenters. The van der Waals surface area contributed by atoms with Crippen LogP contribution in [0.5, 0.6) is 0 Å². The highest BCUT2D eigenvalue weighted by molar-refractivity contribution is 5.24. The lowest BCUT2D eigenvalue weighted by Gasteiger charge is -2.35. The highest BCUT2D eigenvalue weighted by Crippen LogP contribution is 2.44. The molecule has 0 fully saturated rings. The van der Waals surface area contributed by atoms with E-state index in [4.69, 9.17) is 0 Å². The van der Waals surface area contributed by atoms with Crippen LogP contribution in [0.4, 0.5) is 0 Å². The molecule has 0 heteroatoms. The Hall–Kier alpha value is -0.780. The van der Waals surface area contributed by atoms with Crippen molar-refractivity contribution in [1.82, 2.24) is 0 Å². The Morgan fingerprint density at radius 1 is 1.40 bits per heavy atom. The quantitative estimate of drug-likeness (QED) is 0.554. The lowest BCUT2D eigenvalue weighted by atomic mass is 9.69. The van der Waals surface area contributed by atoms with Crippen LogP contribution in [0.1, 0.15) is 34.1 Å². The monoisotopic (exact) mass is 202 g/mol. The summed E-state index contributed by atoms with van der Waals surface area (Å²) in [6.07, 6.45) is 11.0. The van der Waals surface area contributed by atoms with Crippen LogP contribution in [0.3, 0.4) is 0 Å². The molecule has 2 rings (SSSR count). The maximum absolute atomic E-state index is 2.48. The van der Waals surface area contributed by atoms with E-state index in [-0.39, 0.29) is 0 Å². The van der Waals surface area contributed by atoms with Gasteiger partial charge in [0.25, 0.3) is 0 Å². The van der Waals surface area contributed by atoms with Crippen LogP contribution in [0.25, 0.3) is 0 Å². The van der Waals surface area contributed by atoms with Gasteiger partial charge >= 0.3 is 0 Å². The maximum atomic E-state index is 2.48. The Kier molecular flexibility index (Phi) is 2.86. The molecule has 82 valence electrons. The Balaban J connectivity index is 2.30. The summed E-state index contributed by atoms with van der Waals surface area (Å²) < 4.78 is 0. The molecule has 0 bridgehead atoms. The van der Waals surface area contributed by atoms with E-state index in [1.54, 1.807) is 5.57 Å². The van der Waals surface area contributed by atoms with Gasteiger partial charge < -0.3 is 0 Å². The minimum absolute atomic E-state index is 0.648. The first-order valence-corrected chi connectivity index (χ1v) is 6.09. The average Bonchev–Trinajstić information content (AvgIpc) is 2.61. The molecule has 0 saturated heterocycles. The molecule has 0 aromatic heterocycles. The summed E-state index contributed by atoms with van der Waals surface area (Å²) in [5, 5.41) is 0. The van der Waals surface area contributed by atoms with Crippen LogP contribution >= 0.6 is 0 Å². The summed E-state index contributed by atoms with van der Waals surface area (Å²) in [5.41, 5.74) is 3.03. The molecule has 2 aliphatic carbocycles. The Bertz CT molecular complexity index is 326. The molecule has 4 unspecified atom stereocenters. The largest absolute Gasteiger partial charge is 0.0879 e. The van der Waals surface area contributed by atoms with Crippen molar-refractivity contribution in [2.24, 2.45) is 23.7 Å². The number of hydrogen-bond acceptors (Lipinski definition) is 0. The predicted molar refractivity (Wildman–Crippen MR) is 66.6 cm³/mol. The summed E-state index contributed by atoms with van der Waals surface area (Å²) in [6.45, 7) is 9.09. The molecule has 0 nitrogen and oxygen atoms in total. The zero-order valence-electron chi connectivity index (χ0n) is 10.3. The molecule has 0 N–H and O–H groups in total. The average molecular weight is 202 g/mol. The highest BCUT2D eigenvalue weighted by Gasteiger charge is 2.35. The molecule has 0 spiro atoms. The van der Waals surface area contributed by atoms with E-state index in [9.17, 15) is 0 Å². The second-order valence-electron chi connectivity index (χ2n) is 5.43. The minimum Gasteiger partial charge on any atom is -0.0879 e. The Morgan fingerprint density at radius 3 is 2.80 bits per heavy atom. The standard InChI is InChI=1S/C15H22/c1-10(2)8-13-9-11(3)12(4)14-6-5-7-15(13)14/h5,7-9,12-15H,6H2,1-4H3. The first-order valence-electron chi connectivity index (χ1n) is 6.09. The molecule has 2 aliphatic rings. The smallest absolute Gasteiger partial charge is 0.00175 e. The molecule has 0 aromatic rings. The van der Waals surface area contributed by atoms with Gasteiger partial charge in [-0.2, -0.15) is 0 Å². The van der Waals surface area contributed by atoms with Crippen LogP contribution in [0.15, 0.2) is 35.5 Å². The normalized spacial score (nSPS) is 38.5. The van der Waals surface area contributed by atoms with E-state index in [0.717, 1.165) is 17.8 Å². The molecule has 15 heavy (non-hydrogen) atoms. The van der Waals surface area contributed by atoms with E-state index in [0.29, 0.717) is 5.92 Å². The topological polar surface area (TPSA) is 0 Å². The van der Waals surface area contributed by atoms with Gasteiger partial charge in [-0.1, -0.05) is 42.4 Å². The predicted octanol–water partition coefficient (Wildman–Crippen LogP) is 4.36. The van der Waals surface area contributed by atoms with E-state index >= 15 is 0 Å². The van der Waals surface area contributed by atoms with Crippen molar-refractivity contribution >= 4 is 0 Å². The number of hydrogen-bond donors (Lipinski definition) is 0. The van der Waals surface area contributed by atoms with Crippen molar-refractivity contribution < 1.29 is 0 Å². The maximum Gasteiger partial charge on any atom is 0.00175 e. The van der Waals surface area contributed by atoms with Gasteiger partial charge in [0, 0.05) is 5.92 Å². The van der Waals surface area contributed by atoms with E-state index in [2.05, 4.69) is 52.0 Å². The molecule has 0 aliphatic heterocycles. The summed E-state index contributed by atoms with van der Waals surface area (Å²) in [5.74, 6) is 3.04. The minimum atomic E-state index is 0.648. The van der Waals surface area contributed by atoms with Gasteiger partial charge in [-0.15, -0.1) is 0 Å². The third-order valence-electron chi connectivity index (χ3n) is 4.05. The van der Waals surface area contributed by atoms with Gasteiger partial charge in [0.2, 0.25) is 0 Å². The van der Waals surface area contributed by atoms with Gasteiger partial charge in [0.05, 0.1) is 0 Å². The molecular weight excluding hydrogens is 180 g/mol.